The first-order chi connectivity index (χ1) is 12.1. The number of amides is 1. The quantitative estimate of drug-likeness (QED) is 0.652. The fraction of sp³-hybridized carbons (Fsp3) is 0.400. The second kappa shape index (κ2) is 9.37. The van der Waals surface area contributed by atoms with Crippen molar-refractivity contribution in [3.63, 3.8) is 0 Å². The molecule has 4 nitrogen and oxygen atoms in total. The van der Waals surface area contributed by atoms with Gasteiger partial charge in [0.2, 0.25) is 5.91 Å². The molecular weight excluding hydrogens is 334 g/mol. The van der Waals surface area contributed by atoms with Gasteiger partial charge in [-0.3, -0.25) is 4.79 Å². The molecule has 0 aliphatic heterocycles. The summed E-state index contributed by atoms with van der Waals surface area (Å²) in [6, 6.07) is 8.13. The summed E-state index contributed by atoms with van der Waals surface area (Å²) in [7, 11) is 0. The molecule has 0 fully saturated rings. The number of carbonyl (C=O) groups excluding carboxylic acids is 2. The maximum Gasteiger partial charge on any atom is 0.341 e. The Kier molecular flexibility index (Phi) is 7.19. The van der Waals surface area contributed by atoms with Crippen molar-refractivity contribution >= 4 is 28.2 Å². The Morgan fingerprint density at radius 3 is 2.44 bits per heavy atom. The summed E-state index contributed by atoms with van der Waals surface area (Å²) in [5.41, 5.74) is 3.44. The van der Waals surface area contributed by atoms with E-state index in [1.54, 1.807) is 6.92 Å². The highest BCUT2D eigenvalue weighted by molar-refractivity contribution is 7.15. The predicted molar refractivity (Wildman–Crippen MR) is 103 cm³/mol. The molecule has 0 atom stereocenters. The number of rotatable bonds is 8. The topological polar surface area (TPSA) is 55.4 Å². The van der Waals surface area contributed by atoms with Crippen LogP contribution in [0.4, 0.5) is 5.00 Å². The molecule has 0 spiro atoms. The van der Waals surface area contributed by atoms with E-state index in [0.717, 1.165) is 30.4 Å². The van der Waals surface area contributed by atoms with Crippen LogP contribution in [0.1, 0.15) is 56.0 Å². The molecule has 2 rings (SSSR count). The molecule has 0 aliphatic carbocycles. The summed E-state index contributed by atoms with van der Waals surface area (Å²) in [6.07, 6.45) is 3.21. The SMILES string of the molecule is CCCCC(=O)Nc1scc(-c2ccc(CC)cc2)c1C(=O)OCC. The van der Waals surface area contributed by atoms with Crippen LogP contribution in [0.25, 0.3) is 11.1 Å². The number of ether oxygens (including phenoxy) is 1. The predicted octanol–water partition coefficient (Wildman–Crippen LogP) is 5.28. The summed E-state index contributed by atoms with van der Waals surface area (Å²) in [5.74, 6) is -0.466. The molecule has 0 radical (unpaired) electrons. The summed E-state index contributed by atoms with van der Waals surface area (Å²) in [6.45, 7) is 6.22. The smallest absolute Gasteiger partial charge is 0.341 e. The van der Waals surface area contributed by atoms with Crippen LogP contribution < -0.4 is 5.32 Å². The van der Waals surface area contributed by atoms with Gasteiger partial charge in [0, 0.05) is 17.4 Å². The molecular formula is C20H25NO3S. The number of hydrogen-bond donors (Lipinski definition) is 1. The van der Waals surface area contributed by atoms with Crippen LogP contribution >= 0.6 is 11.3 Å². The van der Waals surface area contributed by atoms with Gasteiger partial charge in [0.1, 0.15) is 10.6 Å². The third-order valence-electron chi connectivity index (χ3n) is 3.95. The molecule has 1 N–H and O–H groups in total. The Balaban J connectivity index is 2.35. The molecule has 25 heavy (non-hydrogen) atoms. The maximum atomic E-state index is 12.5. The van der Waals surface area contributed by atoms with Gasteiger partial charge in [0.25, 0.3) is 0 Å². The number of hydrogen-bond acceptors (Lipinski definition) is 4. The van der Waals surface area contributed by atoms with E-state index in [4.69, 9.17) is 4.74 Å². The summed E-state index contributed by atoms with van der Waals surface area (Å²) < 4.78 is 5.21. The van der Waals surface area contributed by atoms with Crippen molar-refractivity contribution in [2.24, 2.45) is 0 Å². The molecule has 1 heterocycles. The Morgan fingerprint density at radius 1 is 1.12 bits per heavy atom. The Bertz CT molecular complexity index is 719. The van der Waals surface area contributed by atoms with Crippen molar-refractivity contribution in [3.05, 3.63) is 40.8 Å². The second-order valence-corrected chi connectivity index (χ2v) is 6.66. The highest BCUT2D eigenvalue weighted by Crippen LogP contribution is 2.36. The van der Waals surface area contributed by atoms with Crippen LogP contribution in [0.3, 0.4) is 0 Å². The van der Waals surface area contributed by atoms with Crippen LogP contribution in [0.5, 0.6) is 0 Å². The molecule has 0 saturated carbocycles. The maximum absolute atomic E-state index is 12.5. The third-order valence-corrected chi connectivity index (χ3v) is 4.85. The highest BCUT2D eigenvalue weighted by atomic mass is 32.1. The monoisotopic (exact) mass is 359 g/mol. The summed E-state index contributed by atoms with van der Waals surface area (Å²) in [4.78, 5) is 24.5. The van der Waals surface area contributed by atoms with Crippen LogP contribution in [0.2, 0.25) is 0 Å². The first-order valence-electron chi connectivity index (χ1n) is 8.78. The number of anilines is 1. The van der Waals surface area contributed by atoms with E-state index in [1.165, 1.54) is 16.9 Å². The molecule has 1 amide bonds. The number of carbonyl (C=O) groups is 2. The van der Waals surface area contributed by atoms with E-state index in [2.05, 4.69) is 24.4 Å². The molecule has 0 unspecified atom stereocenters. The molecule has 1 aromatic heterocycles. The number of unbranched alkanes of at least 4 members (excludes halogenated alkanes) is 1. The minimum atomic E-state index is -0.399. The largest absolute Gasteiger partial charge is 0.462 e. The van der Waals surface area contributed by atoms with E-state index in [9.17, 15) is 9.59 Å². The van der Waals surface area contributed by atoms with E-state index in [1.807, 2.05) is 24.4 Å². The molecule has 5 heteroatoms. The lowest BCUT2D eigenvalue weighted by Crippen LogP contribution is -2.14. The van der Waals surface area contributed by atoms with Gasteiger partial charge in [-0.05, 0) is 30.9 Å². The number of nitrogens with one attached hydrogen (secondary N) is 1. The van der Waals surface area contributed by atoms with Gasteiger partial charge >= 0.3 is 5.97 Å². The zero-order chi connectivity index (χ0) is 18.2. The summed E-state index contributed by atoms with van der Waals surface area (Å²) >= 11 is 1.36. The molecule has 0 aliphatic rings. The van der Waals surface area contributed by atoms with Crippen molar-refractivity contribution in [1.29, 1.82) is 0 Å². The Labute approximate surface area is 153 Å². The van der Waals surface area contributed by atoms with Gasteiger partial charge in [0.15, 0.2) is 0 Å². The van der Waals surface area contributed by atoms with Crippen molar-refractivity contribution in [2.75, 3.05) is 11.9 Å². The highest BCUT2D eigenvalue weighted by Gasteiger charge is 2.22. The fourth-order valence-electron chi connectivity index (χ4n) is 2.51. The van der Waals surface area contributed by atoms with Gasteiger partial charge < -0.3 is 10.1 Å². The normalized spacial score (nSPS) is 10.5. The summed E-state index contributed by atoms with van der Waals surface area (Å²) in [5, 5.41) is 5.35. The van der Waals surface area contributed by atoms with E-state index < -0.39 is 5.97 Å². The number of thiophene rings is 1. The average molecular weight is 359 g/mol. The van der Waals surface area contributed by atoms with Gasteiger partial charge in [-0.15, -0.1) is 11.3 Å². The van der Waals surface area contributed by atoms with Crippen LogP contribution in [0, 0.1) is 0 Å². The number of aryl methyl sites for hydroxylation is 1. The van der Waals surface area contributed by atoms with E-state index in [-0.39, 0.29) is 5.91 Å². The minimum absolute atomic E-state index is 0.0675. The lowest BCUT2D eigenvalue weighted by Gasteiger charge is -2.09. The minimum Gasteiger partial charge on any atom is -0.462 e. The fourth-order valence-corrected chi connectivity index (χ4v) is 3.49. The first kappa shape index (κ1) is 19.2. The lowest BCUT2D eigenvalue weighted by molar-refractivity contribution is -0.116. The van der Waals surface area contributed by atoms with Crippen LogP contribution in [0.15, 0.2) is 29.6 Å². The van der Waals surface area contributed by atoms with Gasteiger partial charge in [-0.2, -0.15) is 0 Å². The van der Waals surface area contributed by atoms with Crippen molar-refractivity contribution in [3.8, 4) is 11.1 Å². The molecule has 1 aromatic carbocycles. The van der Waals surface area contributed by atoms with E-state index in [0.29, 0.717) is 23.6 Å². The molecule has 134 valence electrons. The van der Waals surface area contributed by atoms with Crippen molar-refractivity contribution in [2.45, 2.75) is 46.5 Å². The van der Waals surface area contributed by atoms with Gasteiger partial charge in [-0.25, -0.2) is 4.79 Å². The van der Waals surface area contributed by atoms with E-state index >= 15 is 0 Å². The zero-order valence-corrected chi connectivity index (χ0v) is 15.9. The molecule has 0 saturated heterocycles. The average Bonchev–Trinajstić information content (AvgIpc) is 3.03. The van der Waals surface area contributed by atoms with Crippen molar-refractivity contribution in [1.82, 2.24) is 0 Å². The first-order valence-corrected chi connectivity index (χ1v) is 9.66. The molecule has 2 aromatic rings. The van der Waals surface area contributed by atoms with Gasteiger partial charge in [0.05, 0.1) is 6.61 Å². The van der Waals surface area contributed by atoms with Crippen LogP contribution in [-0.4, -0.2) is 18.5 Å². The number of esters is 1. The van der Waals surface area contributed by atoms with Crippen molar-refractivity contribution < 1.29 is 14.3 Å². The number of benzene rings is 1. The third kappa shape index (κ3) is 4.92. The zero-order valence-electron chi connectivity index (χ0n) is 15.1. The second-order valence-electron chi connectivity index (χ2n) is 5.78. The Hall–Kier alpha value is -2.14. The van der Waals surface area contributed by atoms with Crippen LogP contribution in [-0.2, 0) is 16.0 Å². The Morgan fingerprint density at radius 2 is 1.84 bits per heavy atom. The van der Waals surface area contributed by atoms with Gasteiger partial charge in [-0.1, -0.05) is 44.5 Å². The molecule has 0 bridgehead atoms. The standard InChI is InChI=1S/C20H25NO3S/c1-4-7-8-17(22)21-19-18(20(23)24-6-3)16(13-25-19)15-11-9-14(5-2)10-12-15/h9-13H,4-8H2,1-3H3,(H,21,22). The lowest BCUT2D eigenvalue weighted by atomic mass is 10.0.